The van der Waals surface area contributed by atoms with Crippen LogP contribution in [0, 0.1) is 12.0 Å². The number of halogens is 2. The van der Waals surface area contributed by atoms with Crippen LogP contribution in [0.1, 0.15) is 24.1 Å². The second-order valence-electron chi connectivity index (χ2n) is 13.2. The van der Waals surface area contributed by atoms with Gasteiger partial charge in [0, 0.05) is 61.9 Å². The first-order chi connectivity index (χ1) is 22.6. The van der Waals surface area contributed by atoms with Crippen molar-refractivity contribution in [1.82, 2.24) is 19.8 Å². The molecule has 0 radical (unpaired) electrons. The summed E-state index contributed by atoms with van der Waals surface area (Å²) in [6, 6.07) is 11.9. The molecule has 1 saturated carbocycles. The third kappa shape index (κ3) is 6.73. The molecule has 6 rings (SSSR count). The van der Waals surface area contributed by atoms with E-state index in [9.17, 15) is 9.18 Å². The molecule has 248 valence electrons. The maximum atomic E-state index is 13.9. The number of amides is 1. The highest BCUT2D eigenvalue weighted by Gasteiger charge is 2.46. The molecule has 0 unspecified atom stereocenters. The fourth-order valence-electron chi connectivity index (χ4n) is 7.45. The van der Waals surface area contributed by atoms with Crippen LogP contribution in [0.25, 0.3) is 15.6 Å². The molecule has 1 aliphatic carbocycles. The lowest BCUT2D eigenvalue weighted by atomic mass is 9.67. The van der Waals surface area contributed by atoms with Gasteiger partial charge >= 0.3 is 6.01 Å². The smallest absolute Gasteiger partial charge is 0.318 e. The summed E-state index contributed by atoms with van der Waals surface area (Å²) >= 11 is 6.72. The lowest BCUT2D eigenvalue weighted by Crippen LogP contribution is -2.57. The van der Waals surface area contributed by atoms with Gasteiger partial charge in [-0.1, -0.05) is 42.4 Å². The van der Waals surface area contributed by atoms with Crippen molar-refractivity contribution < 1.29 is 18.7 Å². The van der Waals surface area contributed by atoms with Crippen molar-refractivity contribution in [2.45, 2.75) is 38.0 Å². The van der Waals surface area contributed by atoms with Gasteiger partial charge in [0.25, 0.3) is 5.91 Å². The topological polar surface area (TPSA) is 78.6 Å². The number of fused-ring (bicyclic) bond motifs is 2. The molecule has 3 aliphatic rings. The summed E-state index contributed by atoms with van der Waals surface area (Å²) in [5.74, 6) is -1.04. The van der Waals surface area contributed by atoms with Crippen LogP contribution in [0.15, 0.2) is 48.8 Å². The minimum absolute atomic E-state index is 0.0511. The number of ether oxygens (including phenoxy) is 2. The summed E-state index contributed by atoms with van der Waals surface area (Å²) < 4.78 is 26.0. The maximum absolute atomic E-state index is 13.9. The van der Waals surface area contributed by atoms with Crippen LogP contribution in [-0.2, 0) is 22.5 Å². The van der Waals surface area contributed by atoms with Crippen LogP contribution in [0.4, 0.5) is 15.9 Å². The number of benzene rings is 2. The normalized spacial score (nSPS) is 22.5. The summed E-state index contributed by atoms with van der Waals surface area (Å²) in [4.78, 5) is 34.1. The number of piperazine rings is 1. The second-order valence-corrected chi connectivity index (χ2v) is 13.6. The van der Waals surface area contributed by atoms with Crippen LogP contribution in [0.3, 0.4) is 0 Å². The minimum atomic E-state index is -1.02. The van der Waals surface area contributed by atoms with E-state index in [1.165, 1.54) is 4.90 Å². The van der Waals surface area contributed by atoms with Gasteiger partial charge in [-0.3, -0.25) is 4.79 Å². The maximum Gasteiger partial charge on any atom is 0.318 e. The fraction of sp³-hybridized carbons (Fsp3) is 0.486. The Morgan fingerprint density at radius 2 is 1.94 bits per heavy atom. The molecule has 1 saturated heterocycles. The molecule has 0 spiro atoms. The second kappa shape index (κ2) is 13.6. The molecule has 0 bridgehead atoms. The number of carbonyl (C=O) groups is 1. The fourth-order valence-corrected chi connectivity index (χ4v) is 7.73. The summed E-state index contributed by atoms with van der Waals surface area (Å²) in [6.07, 6.45) is 2.67. The molecule has 1 amide bonds. The van der Waals surface area contributed by atoms with Crippen LogP contribution < -0.4 is 14.5 Å². The van der Waals surface area contributed by atoms with Gasteiger partial charge < -0.3 is 33.9 Å². The van der Waals surface area contributed by atoms with Crippen molar-refractivity contribution in [3.05, 3.63) is 76.5 Å². The molecule has 3 aromatic rings. The van der Waals surface area contributed by atoms with E-state index in [0.29, 0.717) is 43.7 Å². The highest BCUT2D eigenvalue weighted by Crippen LogP contribution is 2.44. The lowest BCUT2D eigenvalue weighted by Gasteiger charge is -2.47. The highest BCUT2D eigenvalue weighted by atomic mass is 35.5. The van der Waals surface area contributed by atoms with E-state index >= 15 is 0 Å². The molecular weight excluding hydrogens is 621 g/mol. The molecule has 2 fully saturated rings. The van der Waals surface area contributed by atoms with E-state index in [0.717, 1.165) is 59.5 Å². The number of carbonyl (C=O) groups excluding carboxylic acids is 1. The van der Waals surface area contributed by atoms with Crippen molar-refractivity contribution in [3.63, 3.8) is 0 Å². The number of hydrogen-bond acceptors (Lipinski definition) is 8. The van der Waals surface area contributed by atoms with Crippen LogP contribution >= 0.6 is 11.6 Å². The zero-order valence-electron chi connectivity index (χ0n) is 27.2. The minimum Gasteiger partial charge on any atom is -0.463 e. The van der Waals surface area contributed by atoms with Crippen molar-refractivity contribution in [2.75, 3.05) is 76.9 Å². The number of aromatic nitrogens is 2. The Hall–Kier alpha value is -3.98. The zero-order valence-corrected chi connectivity index (χ0v) is 28.0. The Morgan fingerprint density at radius 3 is 2.64 bits per heavy atom. The van der Waals surface area contributed by atoms with Gasteiger partial charge in [-0.15, -0.1) is 0 Å². The van der Waals surface area contributed by atoms with Crippen molar-refractivity contribution in [1.29, 1.82) is 0 Å². The first kappa shape index (κ1) is 32.9. The van der Waals surface area contributed by atoms with Gasteiger partial charge in [0.05, 0.1) is 30.0 Å². The van der Waals surface area contributed by atoms with E-state index in [-0.39, 0.29) is 24.6 Å². The lowest BCUT2D eigenvalue weighted by molar-refractivity contribution is -0.131. The predicted octanol–water partition coefficient (Wildman–Crippen LogP) is 5.00. The number of anilines is 2. The van der Waals surface area contributed by atoms with E-state index < -0.39 is 17.8 Å². The SMILES string of the molecule is [C-]#[N+]C[C@H]1CN(c2nc(OCC3(CN(C)C)CC(OC)C3)nc3c2CCN(c2cccc4cccc(Cl)c24)C3)CCN1C(=O)C(=C)F. The van der Waals surface area contributed by atoms with E-state index in [4.69, 9.17) is 37.6 Å². The molecule has 1 atom stereocenters. The average Bonchev–Trinajstić information content (AvgIpc) is 3.04. The first-order valence-corrected chi connectivity index (χ1v) is 16.3. The molecule has 0 N–H and O–H groups in total. The number of hydrogen-bond donors (Lipinski definition) is 0. The van der Waals surface area contributed by atoms with Gasteiger partial charge in [-0.25, -0.2) is 11.0 Å². The van der Waals surface area contributed by atoms with Gasteiger partial charge in [0.2, 0.25) is 6.54 Å². The predicted molar refractivity (Wildman–Crippen MR) is 182 cm³/mol. The Kier molecular flexibility index (Phi) is 9.55. The summed E-state index contributed by atoms with van der Waals surface area (Å²) in [7, 11) is 5.87. The molecule has 12 heteroatoms. The van der Waals surface area contributed by atoms with Gasteiger partial charge in [-0.05, 0) is 50.9 Å². The van der Waals surface area contributed by atoms with Crippen molar-refractivity contribution >= 4 is 39.8 Å². The highest BCUT2D eigenvalue weighted by molar-refractivity contribution is 6.36. The van der Waals surface area contributed by atoms with Crippen molar-refractivity contribution in [2.24, 2.45) is 5.41 Å². The molecule has 1 aromatic heterocycles. The largest absolute Gasteiger partial charge is 0.463 e. The molecule has 47 heavy (non-hydrogen) atoms. The molecule has 2 aromatic carbocycles. The Bertz CT molecular complexity index is 1700. The Labute approximate surface area is 280 Å². The number of nitrogens with zero attached hydrogens (tertiary/aromatic N) is 7. The Morgan fingerprint density at radius 1 is 1.17 bits per heavy atom. The molecular formula is C35H41ClFN7O3. The molecule has 2 aliphatic heterocycles. The quantitative estimate of drug-likeness (QED) is 0.222. The third-order valence-corrected chi connectivity index (χ3v) is 9.90. The first-order valence-electron chi connectivity index (χ1n) is 16.0. The summed E-state index contributed by atoms with van der Waals surface area (Å²) in [5, 5.41) is 2.78. The molecule has 3 heterocycles. The third-order valence-electron chi connectivity index (χ3n) is 9.59. The van der Waals surface area contributed by atoms with Crippen LogP contribution in [0.2, 0.25) is 5.02 Å². The Balaban J connectivity index is 1.34. The van der Waals surface area contributed by atoms with E-state index in [2.05, 4.69) is 58.4 Å². The average molecular weight is 662 g/mol. The van der Waals surface area contributed by atoms with Crippen molar-refractivity contribution in [3.8, 4) is 6.01 Å². The van der Waals surface area contributed by atoms with Crippen LogP contribution in [-0.4, -0.2) is 105 Å². The van der Waals surface area contributed by atoms with Gasteiger partial charge in [-0.2, -0.15) is 9.97 Å². The van der Waals surface area contributed by atoms with Crippen LogP contribution in [0.5, 0.6) is 6.01 Å². The van der Waals surface area contributed by atoms with E-state index in [1.54, 1.807) is 7.11 Å². The number of methoxy groups -OCH3 is 1. The summed E-state index contributed by atoms with van der Waals surface area (Å²) in [6.45, 7) is 14.3. The monoisotopic (exact) mass is 661 g/mol. The number of rotatable bonds is 10. The standard InChI is InChI=1S/C35H41ClFN7O3/c1-23(37)33(45)44-15-14-43(19-25(44)18-38-2)32-27-12-13-42(30-11-7-9-24-8-6-10-28(36)31(24)30)20-29(27)39-34(40-32)47-22-35(21-41(3)4)16-26(17-35)46-5/h6-11,25-26H,1,12-22H2,3-5H3/t25-,26?,35?/m0/s1. The zero-order chi connectivity index (χ0) is 33.3. The van der Waals surface area contributed by atoms with E-state index in [1.807, 2.05) is 18.2 Å². The molecule has 10 nitrogen and oxygen atoms in total. The van der Waals surface area contributed by atoms with Gasteiger partial charge in [0.15, 0.2) is 5.83 Å². The summed E-state index contributed by atoms with van der Waals surface area (Å²) in [5.41, 5.74) is 2.85. The van der Waals surface area contributed by atoms with Gasteiger partial charge in [0.1, 0.15) is 11.9 Å².